The van der Waals surface area contributed by atoms with Gasteiger partial charge in [0.05, 0.1) is 11.3 Å². The molecule has 1 rings (SSSR count). The van der Waals surface area contributed by atoms with Gasteiger partial charge in [-0.05, 0) is 39.0 Å². The van der Waals surface area contributed by atoms with Gasteiger partial charge in [0.1, 0.15) is 0 Å². The Morgan fingerprint density at radius 2 is 1.90 bits per heavy atom. The molecule has 0 saturated heterocycles. The van der Waals surface area contributed by atoms with E-state index in [4.69, 9.17) is 5.11 Å². The van der Waals surface area contributed by atoms with Crippen LogP contribution in [0.15, 0.2) is 29.2 Å². The fourth-order valence-electron chi connectivity index (χ4n) is 1.40. The van der Waals surface area contributed by atoms with E-state index in [9.17, 15) is 14.4 Å². The monoisotopic (exact) mass is 310 g/mol. The van der Waals surface area contributed by atoms with Crippen molar-refractivity contribution in [1.82, 2.24) is 10.6 Å². The second-order valence-electron chi connectivity index (χ2n) is 5.37. The summed E-state index contributed by atoms with van der Waals surface area (Å²) in [5.41, 5.74) is -0.265. The molecule has 0 fully saturated rings. The lowest BCUT2D eigenvalue weighted by molar-refractivity contribution is -0.117. The normalized spacial score (nSPS) is 10.8. The molecule has 0 bridgehead atoms. The Morgan fingerprint density at radius 1 is 1.24 bits per heavy atom. The predicted octanol–water partition coefficient (Wildman–Crippen LogP) is 2.10. The summed E-state index contributed by atoms with van der Waals surface area (Å²) < 4.78 is 0. The third kappa shape index (κ3) is 6.80. The number of imide groups is 1. The summed E-state index contributed by atoms with van der Waals surface area (Å²) in [4.78, 5) is 34.6. The van der Waals surface area contributed by atoms with E-state index in [1.165, 1.54) is 12.1 Å². The van der Waals surface area contributed by atoms with Crippen molar-refractivity contribution in [2.45, 2.75) is 31.2 Å². The van der Waals surface area contributed by atoms with Crippen LogP contribution in [0.5, 0.6) is 0 Å². The van der Waals surface area contributed by atoms with Gasteiger partial charge in [-0.1, -0.05) is 6.07 Å². The van der Waals surface area contributed by atoms with Crippen LogP contribution in [0.3, 0.4) is 0 Å². The summed E-state index contributed by atoms with van der Waals surface area (Å²) in [7, 11) is 0. The van der Waals surface area contributed by atoms with Crippen molar-refractivity contribution in [2.75, 3.05) is 5.75 Å². The highest BCUT2D eigenvalue weighted by Gasteiger charge is 2.15. The van der Waals surface area contributed by atoms with Gasteiger partial charge >= 0.3 is 12.0 Å². The quantitative estimate of drug-likeness (QED) is 0.740. The Balaban J connectivity index is 2.48. The smallest absolute Gasteiger partial charge is 0.335 e. The van der Waals surface area contributed by atoms with E-state index >= 15 is 0 Å². The summed E-state index contributed by atoms with van der Waals surface area (Å²) in [5, 5.41) is 13.7. The number of carbonyl (C=O) groups excluding carboxylic acids is 2. The number of benzene rings is 1. The highest BCUT2D eigenvalue weighted by molar-refractivity contribution is 8.00. The van der Waals surface area contributed by atoms with Crippen LogP contribution >= 0.6 is 11.8 Å². The molecule has 114 valence electrons. The summed E-state index contributed by atoms with van der Waals surface area (Å²) in [6.45, 7) is 5.43. The van der Waals surface area contributed by atoms with Gasteiger partial charge in [-0.15, -0.1) is 11.8 Å². The molecule has 6 nitrogen and oxygen atoms in total. The number of thioether (sulfide) groups is 1. The van der Waals surface area contributed by atoms with Gasteiger partial charge in [-0.25, -0.2) is 9.59 Å². The van der Waals surface area contributed by atoms with Crippen LogP contribution in [0, 0.1) is 0 Å². The van der Waals surface area contributed by atoms with Gasteiger partial charge < -0.3 is 10.4 Å². The van der Waals surface area contributed by atoms with Crippen molar-refractivity contribution < 1.29 is 19.5 Å². The third-order valence-corrected chi connectivity index (χ3v) is 3.19. The van der Waals surface area contributed by atoms with Gasteiger partial charge in [-0.3, -0.25) is 10.1 Å². The second-order valence-corrected chi connectivity index (χ2v) is 6.42. The highest BCUT2D eigenvalue weighted by Crippen LogP contribution is 2.18. The van der Waals surface area contributed by atoms with Crippen molar-refractivity contribution in [2.24, 2.45) is 0 Å². The van der Waals surface area contributed by atoms with E-state index < -0.39 is 23.4 Å². The van der Waals surface area contributed by atoms with Crippen molar-refractivity contribution in [3.8, 4) is 0 Å². The zero-order valence-corrected chi connectivity index (χ0v) is 12.9. The maximum Gasteiger partial charge on any atom is 0.335 e. The first kappa shape index (κ1) is 17.0. The van der Waals surface area contributed by atoms with Crippen LogP contribution in [-0.2, 0) is 4.79 Å². The molecular weight excluding hydrogens is 292 g/mol. The molecule has 3 N–H and O–H groups in total. The molecule has 0 spiro atoms. The van der Waals surface area contributed by atoms with Crippen molar-refractivity contribution in [1.29, 1.82) is 0 Å². The number of hydrogen-bond donors (Lipinski definition) is 3. The number of carboxylic acid groups (broad SMARTS) is 1. The molecule has 1 aromatic rings. The Bertz CT molecular complexity index is 552. The van der Waals surface area contributed by atoms with E-state index in [1.807, 2.05) is 20.8 Å². The van der Waals surface area contributed by atoms with Crippen molar-refractivity contribution >= 4 is 29.7 Å². The molecule has 21 heavy (non-hydrogen) atoms. The number of rotatable bonds is 4. The summed E-state index contributed by atoms with van der Waals surface area (Å²) in [6.07, 6.45) is 0. The van der Waals surface area contributed by atoms with Gasteiger partial charge in [-0.2, -0.15) is 0 Å². The Hall–Kier alpha value is -2.02. The Morgan fingerprint density at radius 3 is 2.48 bits per heavy atom. The van der Waals surface area contributed by atoms with Crippen molar-refractivity contribution in [3.05, 3.63) is 29.8 Å². The molecule has 3 amide bonds. The van der Waals surface area contributed by atoms with Crippen LogP contribution in [0.4, 0.5) is 4.79 Å². The van der Waals surface area contributed by atoms with Crippen molar-refractivity contribution in [3.63, 3.8) is 0 Å². The minimum atomic E-state index is -1.02. The zero-order valence-electron chi connectivity index (χ0n) is 12.1. The number of aromatic carboxylic acids is 1. The minimum Gasteiger partial charge on any atom is -0.478 e. The number of hydrogen-bond acceptors (Lipinski definition) is 4. The van der Waals surface area contributed by atoms with Crippen LogP contribution in [0.2, 0.25) is 0 Å². The van der Waals surface area contributed by atoms with Gasteiger partial charge in [0.2, 0.25) is 5.91 Å². The standard InChI is InChI=1S/C14H18N2O4S/c1-14(2,3)16-13(20)15-11(17)8-21-10-6-4-5-9(7-10)12(18)19/h4-7H,8H2,1-3H3,(H,18,19)(H2,15,16,17,20). The lowest BCUT2D eigenvalue weighted by Crippen LogP contribution is -2.48. The number of amides is 3. The first-order valence-electron chi connectivity index (χ1n) is 6.25. The van der Waals surface area contributed by atoms with E-state index in [0.717, 1.165) is 11.8 Å². The van der Waals surface area contributed by atoms with Crippen LogP contribution in [0.1, 0.15) is 31.1 Å². The minimum absolute atomic E-state index is 0.0284. The number of urea groups is 1. The molecule has 0 aliphatic carbocycles. The fraction of sp³-hybridized carbons (Fsp3) is 0.357. The largest absolute Gasteiger partial charge is 0.478 e. The Kier molecular flexibility index (Phi) is 5.78. The van der Waals surface area contributed by atoms with Gasteiger partial charge in [0.15, 0.2) is 0 Å². The molecule has 0 aromatic heterocycles. The van der Waals surface area contributed by atoms with Crippen LogP contribution in [0.25, 0.3) is 0 Å². The number of nitrogens with one attached hydrogen (secondary N) is 2. The molecular formula is C14H18N2O4S. The summed E-state index contributed by atoms with van der Waals surface area (Å²) >= 11 is 1.16. The number of carboxylic acids is 1. The third-order valence-electron chi connectivity index (χ3n) is 2.19. The van der Waals surface area contributed by atoms with Gasteiger partial charge in [0, 0.05) is 10.4 Å². The molecule has 0 aliphatic heterocycles. The molecule has 0 heterocycles. The number of carbonyl (C=O) groups is 3. The first-order chi connectivity index (χ1) is 9.67. The van der Waals surface area contributed by atoms with Crippen LogP contribution < -0.4 is 10.6 Å². The molecule has 1 aromatic carbocycles. The molecule has 0 aliphatic rings. The Labute approximate surface area is 127 Å². The fourth-order valence-corrected chi connectivity index (χ4v) is 2.16. The highest BCUT2D eigenvalue weighted by atomic mass is 32.2. The van der Waals surface area contributed by atoms with E-state index in [2.05, 4.69) is 10.6 Å². The molecule has 0 radical (unpaired) electrons. The first-order valence-corrected chi connectivity index (χ1v) is 7.24. The zero-order chi connectivity index (χ0) is 16.0. The average molecular weight is 310 g/mol. The van der Waals surface area contributed by atoms with E-state index in [1.54, 1.807) is 12.1 Å². The molecule has 7 heteroatoms. The van der Waals surface area contributed by atoms with Crippen LogP contribution in [-0.4, -0.2) is 34.3 Å². The average Bonchev–Trinajstić information content (AvgIpc) is 2.34. The van der Waals surface area contributed by atoms with Gasteiger partial charge in [0.25, 0.3) is 0 Å². The maximum atomic E-state index is 11.6. The maximum absolute atomic E-state index is 11.6. The molecule has 0 atom stereocenters. The topological polar surface area (TPSA) is 95.5 Å². The lowest BCUT2D eigenvalue weighted by atomic mass is 10.1. The molecule has 0 saturated carbocycles. The summed E-state index contributed by atoms with van der Waals surface area (Å²) in [5.74, 6) is -1.44. The van der Waals surface area contributed by atoms with E-state index in [0.29, 0.717) is 4.90 Å². The van der Waals surface area contributed by atoms with E-state index in [-0.39, 0.29) is 11.3 Å². The SMILES string of the molecule is CC(C)(C)NC(=O)NC(=O)CSc1cccc(C(=O)O)c1. The summed E-state index contributed by atoms with van der Waals surface area (Å²) in [6, 6.07) is 5.72. The lowest BCUT2D eigenvalue weighted by Gasteiger charge is -2.20. The predicted molar refractivity (Wildman–Crippen MR) is 80.6 cm³/mol. The second kappa shape index (κ2) is 7.12. The molecule has 0 unspecified atom stereocenters.